The number of halogens is 1. The molecule has 2 aromatic rings. The fourth-order valence-electron chi connectivity index (χ4n) is 4.56. The Morgan fingerprint density at radius 3 is 2.67 bits per heavy atom. The highest BCUT2D eigenvalue weighted by molar-refractivity contribution is 6.30. The minimum absolute atomic E-state index is 0.0112. The Morgan fingerprint density at radius 1 is 1.22 bits per heavy atom. The SMILES string of the molecule is CCCC(=O)NC1C[C@H]2CCC[C@@H](C1)N2C(=O)c1cn2cc(Cl)ccc2n1. The van der Waals surface area contributed by atoms with E-state index in [1.165, 1.54) is 0 Å². The monoisotopic (exact) mass is 388 g/mol. The van der Waals surface area contributed by atoms with Gasteiger partial charge in [-0.15, -0.1) is 0 Å². The molecule has 6 nitrogen and oxygen atoms in total. The first-order valence-corrected chi connectivity index (χ1v) is 10.2. The van der Waals surface area contributed by atoms with Gasteiger partial charge in [0.05, 0.1) is 5.02 Å². The van der Waals surface area contributed by atoms with Gasteiger partial charge in [-0.2, -0.15) is 0 Å². The zero-order valence-corrected chi connectivity index (χ0v) is 16.3. The molecule has 27 heavy (non-hydrogen) atoms. The van der Waals surface area contributed by atoms with Gasteiger partial charge in [0.2, 0.25) is 5.91 Å². The van der Waals surface area contributed by atoms with Gasteiger partial charge in [-0.3, -0.25) is 9.59 Å². The normalized spacial score (nSPS) is 24.8. The van der Waals surface area contributed by atoms with Crippen LogP contribution in [-0.2, 0) is 4.79 Å². The predicted molar refractivity (Wildman–Crippen MR) is 104 cm³/mol. The summed E-state index contributed by atoms with van der Waals surface area (Å²) in [5.41, 5.74) is 1.18. The number of aromatic nitrogens is 2. The third-order valence-corrected chi connectivity index (χ3v) is 5.91. The number of imidazole rings is 1. The van der Waals surface area contributed by atoms with Gasteiger partial charge in [0, 0.05) is 36.9 Å². The smallest absolute Gasteiger partial charge is 0.274 e. The highest BCUT2D eigenvalue weighted by Crippen LogP contribution is 2.35. The van der Waals surface area contributed by atoms with E-state index in [1.54, 1.807) is 22.9 Å². The summed E-state index contributed by atoms with van der Waals surface area (Å²) in [4.78, 5) is 31.7. The van der Waals surface area contributed by atoms with Gasteiger partial charge in [0.25, 0.3) is 5.91 Å². The Labute approximate surface area is 163 Å². The molecule has 3 atom stereocenters. The van der Waals surface area contributed by atoms with Crippen molar-refractivity contribution in [2.75, 3.05) is 0 Å². The molecule has 7 heteroatoms. The van der Waals surface area contributed by atoms with E-state index in [1.807, 2.05) is 17.9 Å². The topological polar surface area (TPSA) is 66.7 Å². The molecule has 1 unspecified atom stereocenters. The van der Waals surface area contributed by atoms with Crippen molar-refractivity contribution in [3.63, 3.8) is 0 Å². The van der Waals surface area contributed by atoms with E-state index in [0.717, 1.165) is 44.2 Å². The first-order chi connectivity index (χ1) is 13.0. The first kappa shape index (κ1) is 18.3. The van der Waals surface area contributed by atoms with Crippen LogP contribution in [0.1, 0.15) is 62.4 Å². The van der Waals surface area contributed by atoms with Crippen molar-refractivity contribution in [1.29, 1.82) is 0 Å². The summed E-state index contributed by atoms with van der Waals surface area (Å²) in [6, 6.07) is 4.10. The number of hydrogen-bond acceptors (Lipinski definition) is 3. The summed E-state index contributed by atoms with van der Waals surface area (Å²) in [5, 5.41) is 3.77. The molecule has 0 saturated carbocycles. The van der Waals surface area contributed by atoms with Crippen LogP contribution in [0.3, 0.4) is 0 Å². The van der Waals surface area contributed by atoms with Gasteiger partial charge in [0.1, 0.15) is 11.3 Å². The Balaban J connectivity index is 1.52. The van der Waals surface area contributed by atoms with Gasteiger partial charge in [-0.05, 0) is 50.7 Å². The molecule has 2 amide bonds. The molecule has 4 rings (SSSR count). The molecule has 2 aliphatic heterocycles. The molecule has 2 aromatic heterocycles. The van der Waals surface area contributed by atoms with Gasteiger partial charge in [-0.1, -0.05) is 18.5 Å². The minimum atomic E-state index is -0.0112. The number of nitrogens with zero attached hydrogens (tertiary/aromatic N) is 3. The largest absolute Gasteiger partial charge is 0.353 e. The molecular formula is C20H25ClN4O2. The lowest BCUT2D eigenvalue weighted by molar-refractivity contribution is -0.122. The summed E-state index contributed by atoms with van der Waals surface area (Å²) >= 11 is 6.04. The van der Waals surface area contributed by atoms with Crippen LogP contribution in [0.4, 0.5) is 0 Å². The van der Waals surface area contributed by atoms with E-state index in [0.29, 0.717) is 17.1 Å². The highest BCUT2D eigenvalue weighted by Gasteiger charge is 2.42. The van der Waals surface area contributed by atoms with Crippen LogP contribution < -0.4 is 5.32 Å². The molecular weight excluding hydrogens is 364 g/mol. The van der Waals surface area contributed by atoms with Crippen LogP contribution in [0.25, 0.3) is 5.65 Å². The maximum absolute atomic E-state index is 13.2. The van der Waals surface area contributed by atoms with Crippen molar-refractivity contribution in [1.82, 2.24) is 19.6 Å². The lowest BCUT2D eigenvalue weighted by atomic mass is 9.81. The second kappa shape index (κ2) is 7.50. The van der Waals surface area contributed by atoms with Crippen LogP contribution in [0.2, 0.25) is 5.02 Å². The van der Waals surface area contributed by atoms with Crippen molar-refractivity contribution in [3.05, 3.63) is 35.2 Å². The average molecular weight is 389 g/mol. The van der Waals surface area contributed by atoms with Gasteiger partial charge in [-0.25, -0.2) is 4.98 Å². The Morgan fingerprint density at radius 2 is 1.96 bits per heavy atom. The lowest BCUT2D eigenvalue weighted by Crippen LogP contribution is -2.58. The number of hydrogen-bond donors (Lipinski definition) is 1. The maximum Gasteiger partial charge on any atom is 0.274 e. The molecule has 2 bridgehead atoms. The fourth-order valence-corrected chi connectivity index (χ4v) is 4.73. The summed E-state index contributed by atoms with van der Waals surface area (Å²) in [5.74, 6) is 0.112. The number of rotatable bonds is 4. The Hall–Kier alpha value is -2.08. The van der Waals surface area contributed by atoms with E-state index in [9.17, 15) is 9.59 Å². The van der Waals surface area contributed by atoms with E-state index < -0.39 is 0 Å². The third-order valence-electron chi connectivity index (χ3n) is 5.69. The number of pyridine rings is 1. The Kier molecular flexibility index (Phi) is 5.08. The Bertz CT molecular complexity index is 851. The molecule has 2 saturated heterocycles. The molecule has 144 valence electrons. The first-order valence-electron chi connectivity index (χ1n) is 9.81. The molecule has 2 fully saturated rings. The second-order valence-corrected chi connectivity index (χ2v) is 8.11. The zero-order valence-electron chi connectivity index (χ0n) is 15.5. The number of nitrogens with one attached hydrogen (secondary N) is 1. The summed E-state index contributed by atoms with van der Waals surface area (Å²) in [6.45, 7) is 2.01. The molecule has 0 spiro atoms. The number of fused-ring (bicyclic) bond motifs is 3. The third kappa shape index (κ3) is 3.68. The zero-order chi connectivity index (χ0) is 19.0. The van der Waals surface area contributed by atoms with Crippen molar-refractivity contribution >= 4 is 29.1 Å². The minimum Gasteiger partial charge on any atom is -0.353 e. The lowest BCUT2D eigenvalue weighted by Gasteiger charge is -2.48. The van der Waals surface area contributed by atoms with Crippen LogP contribution in [0.15, 0.2) is 24.5 Å². The van der Waals surface area contributed by atoms with Crippen molar-refractivity contribution in [2.45, 2.75) is 70.0 Å². The molecule has 2 aliphatic rings. The van der Waals surface area contributed by atoms with E-state index in [-0.39, 0.29) is 29.9 Å². The standard InChI is InChI=1S/C20H25ClN4O2/c1-2-4-19(26)22-14-9-15-5-3-6-16(10-14)25(15)20(27)17-12-24-11-13(21)7-8-18(24)23-17/h7-8,11-12,14-16H,2-6,9-10H2,1H3,(H,22,26)/t14?,15-,16+. The van der Waals surface area contributed by atoms with Gasteiger partial charge >= 0.3 is 0 Å². The van der Waals surface area contributed by atoms with Gasteiger partial charge in [0.15, 0.2) is 0 Å². The molecule has 0 radical (unpaired) electrons. The van der Waals surface area contributed by atoms with Crippen molar-refractivity contribution in [2.24, 2.45) is 0 Å². The molecule has 0 aromatic carbocycles. The van der Waals surface area contributed by atoms with Crippen molar-refractivity contribution < 1.29 is 9.59 Å². The summed E-state index contributed by atoms with van der Waals surface area (Å²) in [7, 11) is 0. The van der Waals surface area contributed by atoms with Gasteiger partial charge < -0.3 is 14.6 Å². The molecule has 1 N–H and O–H groups in total. The number of carbonyl (C=O) groups excluding carboxylic acids is 2. The fraction of sp³-hybridized carbons (Fsp3) is 0.550. The second-order valence-electron chi connectivity index (χ2n) is 7.68. The maximum atomic E-state index is 13.2. The van der Waals surface area contributed by atoms with Crippen molar-refractivity contribution in [3.8, 4) is 0 Å². The van der Waals surface area contributed by atoms with Crippen LogP contribution in [0, 0.1) is 0 Å². The van der Waals surface area contributed by atoms with E-state index >= 15 is 0 Å². The van der Waals surface area contributed by atoms with E-state index in [4.69, 9.17) is 11.6 Å². The summed E-state index contributed by atoms with van der Waals surface area (Å²) in [6.07, 6.45) is 9.71. The summed E-state index contributed by atoms with van der Waals surface area (Å²) < 4.78 is 1.79. The van der Waals surface area contributed by atoms with Crippen LogP contribution >= 0.6 is 11.6 Å². The quantitative estimate of drug-likeness (QED) is 0.872. The van der Waals surface area contributed by atoms with Crippen LogP contribution in [0.5, 0.6) is 0 Å². The molecule has 0 aliphatic carbocycles. The molecule has 4 heterocycles. The number of piperidine rings is 2. The number of carbonyl (C=O) groups is 2. The van der Waals surface area contributed by atoms with Crippen LogP contribution in [-0.4, -0.2) is 44.2 Å². The average Bonchev–Trinajstić information content (AvgIpc) is 3.03. The highest BCUT2D eigenvalue weighted by atomic mass is 35.5. The predicted octanol–water partition coefficient (Wildman–Crippen LogP) is 3.43. The number of amides is 2. The van der Waals surface area contributed by atoms with E-state index in [2.05, 4.69) is 10.3 Å².